The van der Waals surface area contributed by atoms with Gasteiger partial charge in [-0.2, -0.15) is 0 Å². The van der Waals surface area contributed by atoms with E-state index in [1.54, 1.807) is 11.3 Å². The average Bonchev–Trinajstić information content (AvgIpc) is 2.84. The number of carbonyl (C=O) groups excluding carboxylic acids is 1. The Hall–Kier alpha value is -0.940. The number of hydrogen-bond acceptors (Lipinski definition) is 4. The van der Waals surface area contributed by atoms with E-state index in [9.17, 15) is 4.79 Å². The van der Waals surface area contributed by atoms with Gasteiger partial charge in [-0.15, -0.1) is 11.3 Å². The molecule has 20 heavy (non-hydrogen) atoms. The normalized spacial score (nSPS) is 23.1. The lowest BCUT2D eigenvalue weighted by atomic mass is 9.90. The Bertz CT molecular complexity index is 446. The molecule has 0 aliphatic carbocycles. The first-order valence-electron chi connectivity index (χ1n) is 7.52. The third-order valence-corrected chi connectivity index (χ3v) is 4.99. The molecule has 0 saturated carbocycles. The van der Waals surface area contributed by atoms with Gasteiger partial charge in [0.05, 0.1) is 10.7 Å². The highest BCUT2D eigenvalue weighted by molar-refractivity contribution is 7.09. The number of rotatable bonds is 5. The Morgan fingerprint density at radius 3 is 3.05 bits per heavy atom. The van der Waals surface area contributed by atoms with Crippen LogP contribution in [-0.2, 0) is 11.2 Å². The van der Waals surface area contributed by atoms with E-state index in [-0.39, 0.29) is 11.9 Å². The summed E-state index contributed by atoms with van der Waals surface area (Å²) in [7, 11) is 0. The zero-order valence-electron chi connectivity index (χ0n) is 12.5. The van der Waals surface area contributed by atoms with Crippen LogP contribution in [0.1, 0.15) is 43.3 Å². The number of nitrogens with two attached hydrogens (primary N) is 1. The van der Waals surface area contributed by atoms with E-state index in [0.717, 1.165) is 36.5 Å². The molecule has 0 bridgehead atoms. The van der Waals surface area contributed by atoms with Gasteiger partial charge in [0.1, 0.15) is 0 Å². The van der Waals surface area contributed by atoms with Gasteiger partial charge in [-0.05, 0) is 38.5 Å². The lowest BCUT2D eigenvalue weighted by Gasteiger charge is -2.39. The summed E-state index contributed by atoms with van der Waals surface area (Å²) in [5.41, 5.74) is 6.96. The van der Waals surface area contributed by atoms with E-state index in [2.05, 4.69) is 17.3 Å². The van der Waals surface area contributed by atoms with Crippen molar-refractivity contribution in [1.82, 2.24) is 9.88 Å². The Labute approximate surface area is 125 Å². The second kappa shape index (κ2) is 7.18. The lowest BCUT2D eigenvalue weighted by Crippen LogP contribution is -2.51. The van der Waals surface area contributed by atoms with Crippen molar-refractivity contribution in [3.63, 3.8) is 0 Å². The summed E-state index contributed by atoms with van der Waals surface area (Å²) in [5, 5.41) is 3.19. The second-order valence-corrected chi connectivity index (χ2v) is 6.78. The summed E-state index contributed by atoms with van der Waals surface area (Å²) in [6.07, 6.45) is 4.68. The van der Waals surface area contributed by atoms with E-state index >= 15 is 0 Å². The SMILES string of the molecule is Cc1nc(CCCC(=O)N2CCC[C@@H](C)[C@@H]2CN)cs1. The highest BCUT2D eigenvalue weighted by atomic mass is 32.1. The van der Waals surface area contributed by atoms with Crippen molar-refractivity contribution >= 4 is 17.2 Å². The van der Waals surface area contributed by atoms with Gasteiger partial charge in [0, 0.05) is 30.9 Å². The first-order valence-corrected chi connectivity index (χ1v) is 8.40. The molecular formula is C15H25N3OS. The Balaban J connectivity index is 1.81. The van der Waals surface area contributed by atoms with Crippen LogP contribution < -0.4 is 5.73 Å². The molecule has 1 fully saturated rings. The van der Waals surface area contributed by atoms with Crippen molar-refractivity contribution in [2.45, 2.75) is 52.0 Å². The van der Waals surface area contributed by atoms with Crippen molar-refractivity contribution in [2.24, 2.45) is 11.7 Å². The molecule has 0 radical (unpaired) electrons. The first-order chi connectivity index (χ1) is 9.61. The topological polar surface area (TPSA) is 59.2 Å². The number of aromatic nitrogens is 1. The molecular weight excluding hydrogens is 270 g/mol. The van der Waals surface area contributed by atoms with Crippen LogP contribution in [0, 0.1) is 12.8 Å². The number of amides is 1. The molecule has 0 unspecified atom stereocenters. The zero-order valence-corrected chi connectivity index (χ0v) is 13.3. The molecule has 4 nitrogen and oxygen atoms in total. The maximum atomic E-state index is 12.4. The van der Waals surface area contributed by atoms with Crippen LogP contribution in [0.5, 0.6) is 0 Å². The molecule has 2 rings (SSSR count). The monoisotopic (exact) mass is 295 g/mol. The molecule has 1 aromatic rings. The second-order valence-electron chi connectivity index (χ2n) is 5.72. The average molecular weight is 295 g/mol. The minimum absolute atomic E-state index is 0.234. The minimum Gasteiger partial charge on any atom is -0.338 e. The molecule has 1 amide bonds. The van der Waals surface area contributed by atoms with Crippen LogP contribution in [0.15, 0.2) is 5.38 Å². The molecule has 1 aliphatic heterocycles. The molecule has 2 atom stereocenters. The number of carbonyl (C=O) groups is 1. The fourth-order valence-corrected chi connectivity index (χ4v) is 3.65. The Kier molecular flexibility index (Phi) is 5.54. The van der Waals surface area contributed by atoms with Crippen LogP contribution in [0.25, 0.3) is 0 Å². The smallest absolute Gasteiger partial charge is 0.222 e. The summed E-state index contributed by atoms with van der Waals surface area (Å²) in [4.78, 5) is 18.8. The Morgan fingerprint density at radius 2 is 2.40 bits per heavy atom. The zero-order chi connectivity index (χ0) is 14.5. The fourth-order valence-electron chi connectivity index (χ4n) is 3.01. The summed E-state index contributed by atoms with van der Waals surface area (Å²) >= 11 is 1.67. The van der Waals surface area contributed by atoms with E-state index in [4.69, 9.17) is 5.73 Å². The largest absolute Gasteiger partial charge is 0.338 e. The van der Waals surface area contributed by atoms with Crippen molar-refractivity contribution in [1.29, 1.82) is 0 Å². The molecule has 0 spiro atoms. The van der Waals surface area contributed by atoms with E-state index < -0.39 is 0 Å². The molecule has 0 aromatic carbocycles. The molecule has 1 aliphatic rings. The highest BCUT2D eigenvalue weighted by Crippen LogP contribution is 2.23. The van der Waals surface area contributed by atoms with Crippen molar-refractivity contribution in [3.8, 4) is 0 Å². The van der Waals surface area contributed by atoms with E-state index in [1.807, 2.05) is 11.8 Å². The summed E-state index contributed by atoms with van der Waals surface area (Å²) < 4.78 is 0. The van der Waals surface area contributed by atoms with Gasteiger partial charge in [-0.1, -0.05) is 6.92 Å². The molecule has 5 heteroatoms. The van der Waals surface area contributed by atoms with Crippen LogP contribution >= 0.6 is 11.3 Å². The molecule has 2 N–H and O–H groups in total. The minimum atomic E-state index is 0.234. The predicted octanol–water partition coefficient (Wildman–Crippen LogP) is 2.36. The number of thiazole rings is 1. The summed E-state index contributed by atoms with van der Waals surface area (Å²) in [6.45, 7) is 5.67. The lowest BCUT2D eigenvalue weighted by molar-refractivity contribution is -0.136. The predicted molar refractivity (Wildman–Crippen MR) is 82.7 cm³/mol. The van der Waals surface area contributed by atoms with Gasteiger partial charge in [-0.25, -0.2) is 4.98 Å². The van der Waals surface area contributed by atoms with E-state index in [0.29, 0.717) is 18.9 Å². The van der Waals surface area contributed by atoms with Crippen LogP contribution in [0.4, 0.5) is 0 Å². The fraction of sp³-hybridized carbons (Fsp3) is 0.733. The summed E-state index contributed by atoms with van der Waals surface area (Å²) in [5.74, 6) is 0.790. The third-order valence-electron chi connectivity index (χ3n) is 4.17. The highest BCUT2D eigenvalue weighted by Gasteiger charge is 2.30. The van der Waals surface area contributed by atoms with Gasteiger partial charge in [0.25, 0.3) is 0 Å². The standard InChI is InChI=1S/C15H25N3OS/c1-11-5-4-8-18(14(11)9-16)15(19)7-3-6-13-10-20-12(2)17-13/h10-11,14H,3-9,16H2,1-2H3/t11-,14+/m1/s1. The summed E-state index contributed by atoms with van der Waals surface area (Å²) in [6, 6.07) is 0.234. The molecule has 2 heterocycles. The van der Waals surface area contributed by atoms with Gasteiger partial charge >= 0.3 is 0 Å². The quantitative estimate of drug-likeness (QED) is 0.907. The van der Waals surface area contributed by atoms with Crippen molar-refractivity contribution < 1.29 is 4.79 Å². The van der Waals surface area contributed by atoms with E-state index in [1.165, 1.54) is 6.42 Å². The van der Waals surface area contributed by atoms with Gasteiger partial charge in [-0.3, -0.25) is 4.79 Å². The number of hydrogen-bond donors (Lipinski definition) is 1. The van der Waals surface area contributed by atoms with Gasteiger partial charge in [0.2, 0.25) is 5.91 Å². The van der Waals surface area contributed by atoms with Crippen LogP contribution in [0.3, 0.4) is 0 Å². The Morgan fingerprint density at radius 1 is 1.60 bits per heavy atom. The van der Waals surface area contributed by atoms with Crippen LogP contribution in [0.2, 0.25) is 0 Å². The van der Waals surface area contributed by atoms with Crippen molar-refractivity contribution in [3.05, 3.63) is 16.1 Å². The van der Waals surface area contributed by atoms with Crippen molar-refractivity contribution in [2.75, 3.05) is 13.1 Å². The number of likely N-dealkylation sites (tertiary alicyclic amines) is 1. The molecule has 1 saturated heterocycles. The van der Waals surface area contributed by atoms with Gasteiger partial charge < -0.3 is 10.6 Å². The molecule has 112 valence electrons. The molecule has 1 aromatic heterocycles. The number of nitrogens with zero attached hydrogens (tertiary/aromatic N) is 2. The maximum Gasteiger partial charge on any atom is 0.222 e. The number of piperidine rings is 1. The maximum absolute atomic E-state index is 12.4. The van der Waals surface area contributed by atoms with Gasteiger partial charge in [0.15, 0.2) is 0 Å². The number of aryl methyl sites for hydroxylation is 2. The van der Waals surface area contributed by atoms with Crippen LogP contribution in [-0.4, -0.2) is 34.9 Å². The first kappa shape index (κ1) is 15.4. The third kappa shape index (κ3) is 3.79.